The Kier molecular flexibility index (Phi) is 27.9. The van der Waals surface area contributed by atoms with Crippen LogP contribution < -0.4 is 54.0 Å². The van der Waals surface area contributed by atoms with Gasteiger partial charge in [0.1, 0.15) is 59.7 Å². The Morgan fingerprint density at radius 1 is 0.623 bits per heavy atom. The fraction of sp³-hybridized carbons (Fsp3) is 0.373. The van der Waals surface area contributed by atoms with Crippen molar-refractivity contribution in [3.63, 3.8) is 0 Å². The third kappa shape index (κ3) is 22.0. The minimum absolute atomic E-state index is 0.0348. The molecule has 8 aromatic rings. The van der Waals surface area contributed by atoms with Crippen molar-refractivity contribution in [1.82, 2.24) is 67.4 Å². The predicted octanol–water partition coefficient (Wildman–Crippen LogP) is 4.04. The molecule has 1 fully saturated rings. The number of rotatable bonds is 17. The molecule has 0 unspecified atom stereocenters. The van der Waals surface area contributed by atoms with E-state index in [1.165, 1.54) is 96.0 Å². The number of thioether (sulfide) groups is 2. The van der Waals surface area contributed by atoms with E-state index in [4.69, 9.17) is 11.5 Å². The van der Waals surface area contributed by atoms with Gasteiger partial charge in [-0.15, -0.1) is 0 Å². The summed E-state index contributed by atoms with van der Waals surface area (Å²) in [5.74, 6) is -9.39. The molecule has 0 spiro atoms. The first-order valence-electron chi connectivity index (χ1n) is 35.0. The number of aliphatic carboxylic acids is 1. The normalized spacial score (nSPS) is 22.2. The van der Waals surface area contributed by atoms with Gasteiger partial charge in [-0.05, 0) is 139 Å². The number of phenols is 1. The highest BCUT2D eigenvalue weighted by atomic mass is 32.2. The van der Waals surface area contributed by atoms with Crippen molar-refractivity contribution >= 4 is 104 Å². The van der Waals surface area contributed by atoms with Gasteiger partial charge in [0.25, 0.3) is 0 Å². The summed E-state index contributed by atoms with van der Waals surface area (Å²) in [4.78, 5) is 159. The van der Waals surface area contributed by atoms with Gasteiger partial charge in [-0.2, -0.15) is 23.5 Å². The Morgan fingerprint density at radius 2 is 1.26 bits per heavy atom. The number of aryl methyl sites for hydroxylation is 1. The van der Waals surface area contributed by atoms with Gasteiger partial charge >= 0.3 is 5.97 Å². The van der Waals surface area contributed by atoms with Crippen LogP contribution in [0.2, 0.25) is 0 Å². The average molecular weight is 1490 g/mol. The van der Waals surface area contributed by atoms with Crippen molar-refractivity contribution in [1.29, 1.82) is 0 Å². The predicted molar refractivity (Wildman–Crippen MR) is 396 cm³/mol. The molecule has 9 amide bonds. The van der Waals surface area contributed by atoms with Gasteiger partial charge in [0.05, 0.1) is 25.3 Å². The Labute approximate surface area is 617 Å². The van der Waals surface area contributed by atoms with Gasteiger partial charge in [0, 0.05) is 95.1 Å². The molecule has 31 heteroatoms. The fourth-order valence-electron chi connectivity index (χ4n) is 13.1. The van der Waals surface area contributed by atoms with E-state index in [1.807, 2.05) is 48.5 Å². The molecule has 2 aliphatic rings. The van der Waals surface area contributed by atoms with E-state index in [-0.39, 0.29) is 66.8 Å². The highest BCUT2D eigenvalue weighted by molar-refractivity contribution is 7.98. The number of primary amides is 1. The van der Waals surface area contributed by atoms with Crippen molar-refractivity contribution in [2.45, 2.75) is 136 Å². The number of aromatic hydroxyl groups is 1. The van der Waals surface area contributed by atoms with Crippen LogP contribution in [0.5, 0.6) is 5.75 Å². The number of nitrogens with two attached hydrogens (primary N) is 2. The molecule has 0 saturated carbocycles. The number of carboxylic acid groups (broad SMARTS) is 1. The van der Waals surface area contributed by atoms with Gasteiger partial charge in [-0.3, -0.25) is 47.9 Å². The topological polar surface area (TPSA) is 423 Å². The van der Waals surface area contributed by atoms with Crippen LogP contribution >= 0.6 is 23.5 Å². The van der Waals surface area contributed by atoms with E-state index in [1.54, 1.807) is 18.0 Å². The first-order chi connectivity index (χ1) is 51.1. The van der Waals surface area contributed by atoms with Crippen molar-refractivity contribution in [3.8, 4) is 5.75 Å². The van der Waals surface area contributed by atoms with Crippen LogP contribution in [0.3, 0.4) is 0 Å². The van der Waals surface area contributed by atoms with E-state index in [0.717, 1.165) is 16.7 Å². The molecule has 2 bridgehead atoms. The molecule has 560 valence electrons. The number of aromatic amines is 3. The Hall–Kier alpha value is -10.6. The maximum absolute atomic E-state index is 15.6. The lowest BCUT2D eigenvalue weighted by atomic mass is 9.96. The molecule has 0 aliphatic carbocycles. The molecule has 17 N–H and O–H groups in total. The van der Waals surface area contributed by atoms with Crippen molar-refractivity contribution in [2.75, 3.05) is 37.7 Å². The molecule has 10 rings (SSSR count). The van der Waals surface area contributed by atoms with Gasteiger partial charge in [-0.25, -0.2) is 13.8 Å². The highest BCUT2D eigenvalue weighted by Gasteiger charge is 2.44. The summed E-state index contributed by atoms with van der Waals surface area (Å²) in [6.07, 6.45) is 5.75. The van der Waals surface area contributed by atoms with Crippen LogP contribution in [0, 0.1) is 11.6 Å². The van der Waals surface area contributed by atoms with E-state index in [2.05, 4.69) is 68.5 Å². The second-order valence-corrected chi connectivity index (χ2v) is 28.6. The number of phenolic OH excluding ortho intramolecular Hbond substituents is 1. The van der Waals surface area contributed by atoms with E-state index >= 15 is 23.6 Å². The second-order valence-electron chi connectivity index (χ2n) is 26.4. The zero-order chi connectivity index (χ0) is 75.2. The number of benzene rings is 5. The van der Waals surface area contributed by atoms with Crippen molar-refractivity contribution in [2.24, 2.45) is 11.5 Å². The minimum atomic E-state index is -2.03. The number of hydrogen-bond donors (Lipinski definition) is 15. The number of carbonyl (C=O) groups is 10. The zero-order valence-electron chi connectivity index (χ0n) is 58.0. The largest absolute Gasteiger partial charge is 0.508 e. The molecule has 1 saturated heterocycles. The first-order valence-corrected chi connectivity index (χ1v) is 37.3. The third-order valence-corrected chi connectivity index (χ3v) is 20.9. The summed E-state index contributed by atoms with van der Waals surface area (Å²) < 4.78 is 29.8. The number of fused-ring (bicyclic) bond motifs is 5. The van der Waals surface area contributed by atoms with Crippen LogP contribution in [0.1, 0.15) is 89.9 Å². The SMILES string of the molecule is NCCCC[C@@H]1NCCCSCc2cccc(c2)CSC[C@@H](C(N)=O)NC(=O)[C@@H]2C[C@H](c3ccccc3)CN2C(=O)[C@H](Cc2ccc(O)cc2)NC(=O)[C@H](Cc2cnc[nH]2)NC(=O)[C@H](CC(=O)O)NC(=O)[C@H](Cc2c[nH]c3ccc(F)cc23)NC(=O)[C@H](CCc2c[nH]c3ccc(F)cc23)NC(=O)CNC1=O. The lowest BCUT2D eigenvalue weighted by molar-refractivity contribution is -0.143. The third-order valence-electron chi connectivity index (χ3n) is 18.7. The number of carboxylic acids is 1. The summed E-state index contributed by atoms with van der Waals surface area (Å²) >= 11 is 3.05. The Morgan fingerprint density at radius 3 is 1.93 bits per heavy atom. The monoisotopic (exact) mass is 1490 g/mol. The number of hydrogen-bond acceptors (Lipinski definition) is 16. The van der Waals surface area contributed by atoms with E-state index in [0.29, 0.717) is 83.6 Å². The molecule has 9 atom stereocenters. The standard InChI is InChI=1S/C75H87F2N15O12S2/c76-50-16-21-56-54(30-50)47(34-82-56)15-20-59-70(99)87-60(28-48-35-83-57-22-17-51(77)31-55(48)57)71(100)89-62(33-67(95)96)73(102)88-61(32-52-36-80-42-85-52)72(101)90-63(27-43-13-18-53(93)19-14-43)75(104)92-38-49(46-10-2-1-3-11-46)29-65(92)74(103)91-64(68(79)97)41-106-40-45-9-6-8-44(26-45)39-105-25-7-24-81-58(12-4-5-23-78)69(98)84-37-66(94)86-59/h1-3,6,8-11,13-14,16-19,21-22,26,30-31,34-36,42,49,58-65,81-83,93H,4-5,7,12,15,20,23-25,27-29,32-33,37-41,78H2,(H2,79,97)(H,80,85)(H,84,98)(H,86,94)(H,87,99)(H,88,102)(H,89,100)(H,90,101)(H,91,103)(H,95,96)/t49-,58-,59-,60-,61-,62-,63-,64-,65-/m0/s1. The van der Waals surface area contributed by atoms with Crippen LogP contribution in [-0.4, -0.2) is 180 Å². The average Bonchev–Trinajstić information content (AvgIpc) is 1.52. The molecular formula is C75H87F2N15O12S2. The first kappa shape index (κ1) is 78.0. The van der Waals surface area contributed by atoms with Crippen molar-refractivity contribution in [3.05, 3.63) is 191 Å². The maximum Gasteiger partial charge on any atom is 0.305 e. The molecular weight excluding hydrogens is 1410 g/mol. The Balaban J connectivity index is 0.987. The molecule has 5 aromatic carbocycles. The number of unbranched alkanes of at least 4 members (excludes halogenated alkanes) is 1. The number of H-pyrrole nitrogens is 3. The summed E-state index contributed by atoms with van der Waals surface area (Å²) in [7, 11) is 0. The number of nitrogens with one attached hydrogen (secondary N) is 11. The highest BCUT2D eigenvalue weighted by Crippen LogP contribution is 2.34. The molecule has 5 heterocycles. The summed E-state index contributed by atoms with van der Waals surface area (Å²) in [6.45, 7) is 0.179. The summed E-state index contributed by atoms with van der Waals surface area (Å²) in [5.41, 5.74) is 17.1. The summed E-state index contributed by atoms with van der Waals surface area (Å²) in [6, 6.07) is 19.2. The number of aromatic nitrogens is 4. The van der Waals surface area contributed by atoms with Crippen LogP contribution in [0.25, 0.3) is 21.8 Å². The Bertz CT molecular complexity index is 4400. The second kappa shape index (κ2) is 37.9. The lowest BCUT2D eigenvalue weighted by Gasteiger charge is -2.31. The minimum Gasteiger partial charge on any atom is -0.508 e. The van der Waals surface area contributed by atoms with Gasteiger partial charge < -0.3 is 84.1 Å². The van der Waals surface area contributed by atoms with E-state index < -0.39 is 144 Å². The van der Waals surface area contributed by atoms with E-state index in [9.17, 15) is 43.4 Å². The molecule has 3 aromatic heterocycles. The van der Waals surface area contributed by atoms with Gasteiger partial charge in [0.15, 0.2) is 0 Å². The smallest absolute Gasteiger partial charge is 0.305 e. The number of halogens is 2. The fourth-order valence-corrected chi connectivity index (χ4v) is 15.0. The van der Waals surface area contributed by atoms with Gasteiger partial charge in [0.2, 0.25) is 53.2 Å². The number of amides is 9. The number of carbonyl (C=O) groups excluding carboxylic acids is 9. The molecule has 0 radical (unpaired) electrons. The van der Waals surface area contributed by atoms with Crippen LogP contribution in [-0.2, 0) is 85.1 Å². The lowest BCUT2D eigenvalue weighted by Crippen LogP contribution is -2.61. The van der Waals surface area contributed by atoms with Gasteiger partial charge in [-0.1, -0.05) is 73.2 Å². The maximum atomic E-state index is 15.6. The zero-order valence-corrected chi connectivity index (χ0v) is 59.6. The quantitative estimate of drug-likeness (QED) is 0.0572. The number of nitrogens with zero attached hydrogens (tertiary/aromatic N) is 2. The molecule has 106 heavy (non-hydrogen) atoms. The molecule has 2 aliphatic heterocycles. The number of imidazole rings is 1. The molecule has 27 nitrogen and oxygen atoms in total. The van der Waals surface area contributed by atoms with Crippen molar-refractivity contribution < 1.29 is 66.9 Å². The summed E-state index contributed by atoms with van der Waals surface area (Å²) in [5, 5.41) is 43.6. The van der Waals surface area contributed by atoms with Crippen LogP contribution in [0.4, 0.5) is 8.78 Å². The van der Waals surface area contributed by atoms with Crippen LogP contribution in [0.15, 0.2) is 140 Å².